The van der Waals surface area contributed by atoms with Gasteiger partial charge < -0.3 is 14.0 Å². The Kier molecular flexibility index (Phi) is 7.85. The molecule has 40 heavy (non-hydrogen) atoms. The van der Waals surface area contributed by atoms with E-state index in [2.05, 4.69) is 25.8 Å². The maximum Gasteiger partial charge on any atom is 0.303 e. The van der Waals surface area contributed by atoms with Crippen LogP contribution in [0.3, 0.4) is 0 Å². The summed E-state index contributed by atoms with van der Waals surface area (Å²) in [4.78, 5) is 27.4. The van der Waals surface area contributed by atoms with Gasteiger partial charge in [-0.05, 0) is 113 Å². The van der Waals surface area contributed by atoms with Crippen molar-refractivity contribution in [1.82, 2.24) is 4.90 Å². The molecule has 0 spiro atoms. The predicted molar refractivity (Wildman–Crippen MR) is 156 cm³/mol. The number of likely N-dealkylation sites (N-methyl/N-ethyl adjacent to an activating group) is 1. The molecule has 0 radical (unpaired) electrons. The number of piperidine rings is 2. The summed E-state index contributed by atoms with van der Waals surface area (Å²) < 4.78 is 13.5. The summed E-state index contributed by atoms with van der Waals surface area (Å²) in [6.07, 6.45) is 16.3. The fourth-order valence-corrected chi connectivity index (χ4v) is 11.7. The summed E-state index contributed by atoms with van der Waals surface area (Å²) in [5.41, 5.74) is 0.377. The Morgan fingerprint density at radius 2 is 1.48 bits per heavy atom. The van der Waals surface area contributed by atoms with Crippen molar-refractivity contribution >= 4 is 11.9 Å². The Hall–Kier alpha value is -1.14. The molecule has 2 saturated heterocycles. The fourth-order valence-electron chi connectivity index (χ4n) is 11.7. The number of likely N-dealkylation sites (tertiary alicyclic amines) is 2. The summed E-state index contributed by atoms with van der Waals surface area (Å²) in [6.45, 7) is 13.1. The van der Waals surface area contributed by atoms with Crippen LogP contribution < -0.4 is 0 Å². The van der Waals surface area contributed by atoms with Crippen LogP contribution in [0.1, 0.15) is 111 Å². The monoisotopic (exact) mass is 557 g/mol. The highest BCUT2D eigenvalue weighted by molar-refractivity contribution is 5.66. The third-order valence-corrected chi connectivity index (χ3v) is 13.7. The summed E-state index contributed by atoms with van der Waals surface area (Å²) >= 11 is 0. The minimum atomic E-state index is -0.111. The summed E-state index contributed by atoms with van der Waals surface area (Å²) in [6, 6.07) is 0.796. The van der Waals surface area contributed by atoms with E-state index in [0.29, 0.717) is 35.3 Å². The van der Waals surface area contributed by atoms with Crippen molar-refractivity contribution in [2.45, 2.75) is 135 Å². The average molecular weight is 558 g/mol. The molecule has 0 bridgehead atoms. The van der Waals surface area contributed by atoms with E-state index >= 15 is 0 Å². The first kappa shape index (κ1) is 29.0. The van der Waals surface area contributed by atoms with Gasteiger partial charge >= 0.3 is 11.9 Å². The largest absolute Gasteiger partial charge is 0.461 e. The summed E-state index contributed by atoms with van der Waals surface area (Å²) in [7, 11) is 2.47. The Balaban J connectivity index is 1.29. The predicted octanol–water partition coefficient (Wildman–Crippen LogP) is 5.97. The van der Waals surface area contributed by atoms with Gasteiger partial charge in [0, 0.05) is 31.7 Å². The molecule has 2 aliphatic heterocycles. The van der Waals surface area contributed by atoms with Gasteiger partial charge in [-0.15, -0.1) is 0 Å². The third-order valence-electron chi connectivity index (χ3n) is 13.7. The Bertz CT molecular complexity index is 958. The number of rotatable bonds is 4. The molecule has 0 aromatic carbocycles. The smallest absolute Gasteiger partial charge is 0.303 e. The maximum atomic E-state index is 12.5. The Morgan fingerprint density at radius 1 is 0.800 bits per heavy atom. The second-order valence-corrected chi connectivity index (χ2v) is 15.8. The van der Waals surface area contributed by atoms with Crippen LogP contribution >= 0.6 is 0 Å². The van der Waals surface area contributed by atoms with Crippen LogP contribution in [0.4, 0.5) is 0 Å². The molecular formula is C34H57N2O4+. The first-order chi connectivity index (χ1) is 19.0. The number of carbonyl (C=O) groups is 2. The number of hydrogen-bond acceptors (Lipinski definition) is 5. The van der Waals surface area contributed by atoms with Crippen molar-refractivity contribution in [1.29, 1.82) is 0 Å². The van der Waals surface area contributed by atoms with Gasteiger partial charge in [-0.2, -0.15) is 0 Å². The summed E-state index contributed by atoms with van der Waals surface area (Å²) in [5, 5.41) is 0. The van der Waals surface area contributed by atoms with Gasteiger partial charge in [0.2, 0.25) is 0 Å². The molecule has 6 aliphatic rings. The zero-order valence-electron chi connectivity index (χ0n) is 26.2. The van der Waals surface area contributed by atoms with Crippen LogP contribution in [0.2, 0.25) is 0 Å². The number of nitrogens with zero attached hydrogens (tertiary/aromatic N) is 2. The number of esters is 2. The van der Waals surface area contributed by atoms with E-state index in [1.807, 2.05) is 0 Å². The van der Waals surface area contributed by atoms with Gasteiger partial charge in [0.25, 0.3) is 0 Å². The molecule has 0 amide bonds. The standard InChI is InChI=1S/C34H57N2O4/c1-23(37)39-31-20-25-12-13-26-27(34(25,4)22-29(31)35-16-8-6-9-17-35)14-15-33(3)28(26)21-30(32(33)40-24(2)38)36(5)18-10-7-11-19-36/h25-32H,6-22H2,1-5H3/q+1/t25-,26+,27-,28-,29-,30-,31-,32+,33-,34-/m0/s1. The van der Waals surface area contributed by atoms with E-state index in [4.69, 9.17) is 9.47 Å². The number of carbonyl (C=O) groups excluding carboxylic acids is 2. The Labute approximate surface area is 243 Å². The first-order valence-electron chi connectivity index (χ1n) is 17.0. The maximum absolute atomic E-state index is 12.5. The molecule has 6 fully saturated rings. The molecule has 0 unspecified atom stereocenters. The lowest BCUT2D eigenvalue weighted by Gasteiger charge is -2.62. The molecule has 4 saturated carbocycles. The molecular weight excluding hydrogens is 500 g/mol. The SMILES string of the molecule is CC(=O)O[C@H]1C[C@@H]2CC[C@@H]3[C@H](CC[C@]4(C)[C@H](OC(C)=O)[C@@H]([N+]5(C)CCCCC5)C[C@@H]34)[C@@]2(C)C[C@@H]1N1CCCCC1. The van der Waals surface area contributed by atoms with E-state index in [-0.39, 0.29) is 29.6 Å². The topological polar surface area (TPSA) is 55.8 Å². The Morgan fingerprint density at radius 3 is 2.15 bits per heavy atom. The van der Waals surface area contributed by atoms with Crippen molar-refractivity contribution in [2.75, 3.05) is 33.2 Å². The lowest BCUT2D eigenvalue weighted by atomic mass is 9.44. The van der Waals surface area contributed by atoms with Crippen molar-refractivity contribution in [3.63, 3.8) is 0 Å². The van der Waals surface area contributed by atoms with Gasteiger partial charge in [0.1, 0.15) is 12.1 Å². The van der Waals surface area contributed by atoms with Crippen molar-refractivity contribution < 1.29 is 23.5 Å². The van der Waals surface area contributed by atoms with Gasteiger partial charge in [-0.25, -0.2) is 0 Å². The lowest BCUT2D eigenvalue weighted by molar-refractivity contribution is -0.940. The minimum absolute atomic E-state index is 0.0466. The molecule has 0 N–H and O–H groups in total. The van der Waals surface area contributed by atoms with Gasteiger partial charge in [0.15, 0.2) is 6.10 Å². The quantitative estimate of drug-likeness (QED) is 0.315. The lowest BCUT2D eigenvalue weighted by Crippen LogP contribution is -2.61. The third kappa shape index (κ3) is 4.85. The highest BCUT2D eigenvalue weighted by Gasteiger charge is 2.67. The second-order valence-electron chi connectivity index (χ2n) is 15.8. The number of ether oxygens (including phenoxy) is 2. The number of hydrogen-bond donors (Lipinski definition) is 0. The van der Waals surface area contributed by atoms with E-state index < -0.39 is 0 Å². The van der Waals surface area contributed by atoms with Crippen molar-refractivity contribution in [2.24, 2.45) is 34.5 Å². The number of quaternary nitrogens is 1. The summed E-state index contributed by atoms with van der Waals surface area (Å²) in [5.74, 6) is 2.50. The van der Waals surface area contributed by atoms with E-state index in [1.54, 1.807) is 13.8 Å². The van der Waals surface area contributed by atoms with Crippen LogP contribution in [0.15, 0.2) is 0 Å². The van der Waals surface area contributed by atoms with E-state index in [9.17, 15) is 9.59 Å². The van der Waals surface area contributed by atoms with Gasteiger partial charge in [-0.3, -0.25) is 14.5 Å². The van der Waals surface area contributed by atoms with Crippen LogP contribution in [-0.2, 0) is 19.1 Å². The molecule has 0 aromatic rings. The molecule has 6 nitrogen and oxygen atoms in total. The zero-order chi connectivity index (χ0) is 28.3. The highest BCUT2D eigenvalue weighted by atomic mass is 16.5. The van der Waals surface area contributed by atoms with Crippen LogP contribution in [0.25, 0.3) is 0 Å². The molecule has 6 rings (SSSR count). The zero-order valence-corrected chi connectivity index (χ0v) is 26.2. The normalized spacial score (nSPS) is 46.9. The molecule has 2 heterocycles. The molecule has 226 valence electrons. The highest BCUT2D eigenvalue weighted by Crippen LogP contribution is 2.67. The first-order valence-corrected chi connectivity index (χ1v) is 17.0. The fraction of sp³-hybridized carbons (Fsp3) is 0.941. The average Bonchev–Trinajstić information content (AvgIpc) is 3.21. The second kappa shape index (κ2) is 10.8. The van der Waals surface area contributed by atoms with Crippen molar-refractivity contribution in [3.8, 4) is 0 Å². The van der Waals surface area contributed by atoms with E-state index in [1.165, 1.54) is 90.1 Å². The molecule has 10 atom stereocenters. The van der Waals surface area contributed by atoms with Gasteiger partial charge in [0.05, 0.1) is 20.1 Å². The number of fused-ring (bicyclic) bond motifs is 5. The van der Waals surface area contributed by atoms with Crippen LogP contribution in [-0.4, -0.2) is 78.8 Å². The molecule has 4 aliphatic carbocycles. The minimum Gasteiger partial charge on any atom is -0.461 e. The van der Waals surface area contributed by atoms with E-state index in [0.717, 1.165) is 29.9 Å². The molecule has 6 heteroatoms. The van der Waals surface area contributed by atoms with Crippen LogP contribution in [0.5, 0.6) is 0 Å². The van der Waals surface area contributed by atoms with Gasteiger partial charge in [-0.1, -0.05) is 20.3 Å². The van der Waals surface area contributed by atoms with Crippen LogP contribution in [0, 0.1) is 34.5 Å². The molecule has 0 aromatic heterocycles. The van der Waals surface area contributed by atoms with Crippen molar-refractivity contribution in [3.05, 3.63) is 0 Å².